The van der Waals surface area contributed by atoms with Crippen LogP contribution in [0.25, 0.3) is 0 Å². The second-order valence-electron chi connectivity index (χ2n) is 9.74. The first-order valence-corrected chi connectivity index (χ1v) is 11.8. The van der Waals surface area contributed by atoms with Crippen molar-refractivity contribution in [2.75, 3.05) is 16.8 Å². The molecular formula is C25H40N2O2. The van der Waals surface area contributed by atoms with Gasteiger partial charge in [-0.05, 0) is 55.2 Å². The summed E-state index contributed by atoms with van der Waals surface area (Å²) in [5.41, 5.74) is 3.67. The average Bonchev–Trinajstić information content (AvgIpc) is 3.19. The fourth-order valence-electron chi connectivity index (χ4n) is 5.13. The highest BCUT2D eigenvalue weighted by atomic mass is 16.4. The molecule has 0 aliphatic heterocycles. The van der Waals surface area contributed by atoms with E-state index in [1.165, 1.54) is 69.2 Å². The monoisotopic (exact) mass is 400 g/mol. The van der Waals surface area contributed by atoms with Gasteiger partial charge in [-0.15, -0.1) is 0 Å². The summed E-state index contributed by atoms with van der Waals surface area (Å²) >= 11 is 0. The van der Waals surface area contributed by atoms with Crippen LogP contribution >= 0.6 is 0 Å². The summed E-state index contributed by atoms with van der Waals surface area (Å²) in [6, 6.07) is 7.85. The van der Waals surface area contributed by atoms with E-state index in [1.54, 1.807) is 0 Å². The molecule has 0 unspecified atom stereocenters. The van der Waals surface area contributed by atoms with Gasteiger partial charge in [0, 0.05) is 18.6 Å². The minimum absolute atomic E-state index is 0.0268. The second-order valence-corrected chi connectivity index (χ2v) is 9.74. The van der Waals surface area contributed by atoms with Gasteiger partial charge in [-0.25, -0.2) is 0 Å². The Labute approximate surface area is 177 Å². The summed E-state index contributed by atoms with van der Waals surface area (Å²) in [7, 11) is 0. The lowest BCUT2D eigenvalue weighted by Gasteiger charge is -2.39. The first-order valence-electron chi connectivity index (χ1n) is 11.8. The van der Waals surface area contributed by atoms with E-state index in [2.05, 4.69) is 42.3 Å². The van der Waals surface area contributed by atoms with Crippen molar-refractivity contribution in [1.82, 2.24) is 0 Å². The van der Waals surface area contributed by atoms with Crippen molar-refractivity contribution in [2.45, 2.75) is 103 Å². The van der Waals surface area contributed by atoms with Gasteiger partial charge in [0.05, 0.1) is 17.8 Å². The van der Waals surface area contributed by atoms with Crippen LogP contribution in [-0.4, -0.2) is 29.7 Å². The van der Waals surface area contributed by atoms with Crippen molar-refractivity contribution in [3.8, 4) is 0 Å². The predicted octanol–water partition coefficient (Wildman–Crippen LogP) is 6.41. The first-order chi connectivity index (χ1) is 13.9. The third-order valence-electron chi connectivity index (χ3n) is 6.67. The van der Waals surface area contributed by atoms with E-state index in [9.17, 15) is 9.90 Å². The first kappa shape index (κ1) is 22.0. The van der Waals surface area contributed by atoms with Crippen molar-refractivity contribution in [3.63, 3.8) is 0 Å². The maximum absolute atomic E-state index is 11.2. The molecular weight excluding hydrogens is 360 g/mol. The van der Waals surface area contributed by atoms with Crippen LogP contribution in [0.5, 0.6) is 0 Å². The number of hydrogen-bond acceptors (Lipinski definition) is 3. The molecule has 4 heteroatoms. The molecule has 0 radical (unpaired) electrons. The number of nitrogens with zero attached hydrogens (tertiary/aromatic N) is 1. The number of carboxylic acids is 1. The fourth-order valence-corrected chi connectivity index (χ4v) is 5.13. The number of aliphatic carboxylic acids is 1. The number of carboxylic acid groups (broad SMARTS) is 1. The van der Waals surface area contributed by atoms with E-state index >= 15 is 0 Å². The molecule has 0 heterocycles. The average molecular weight is 401 g/mol. The second kappa shape index (κ2) is 10.4. The van der Waals surface area contributed by atoms with E-state index in [0.717, 1.165) is 12.1 Å². The Hall–Kier alpha value is -1.71. The minimum atomic E-state index is -0.726. The van der Waals surface area contributed by atoms with Gasteiger partial charge >= 0.3 is 5.97 Å². The number of carbonyl (C=O) groups is 1. The zero-order valence-corrected chi connectivity index (χ0v) is 18.6. The molecule has 1 aromatic rings. The molecule has 29 heavy (non-hydrogen) atoms. The number of anilines is 2. The highest BCUT2D eigenvalue weighted by Crippen LogP contribution is 2.37. The van der Waals surface area contributed by atoms with E-state index in [4.69, 9.17) is 0 Å². The van der Waals surface area contributed by atoms with E-state index in [-0.39, 0.29) is 12.3 Å². The standard InChI is InChI=1S/C25H40N2O2/c1-18(2)17-27(22-11-5-4-6-12-22)24-14-13-20(19(3)15-25(28)29)16-23(24)26-21-9-7-8-10-21/h13-14,16,18-19,21-22,26H,4-12,15,17H2,1-3H3,(H,28,29)/t19-/m1/s1. The summed E-state index contributed by atoms with van der Waals surface area (Å²) in [5.74, 6) is -0.0868. The van der Waals surface area contributed by atoms with Crippen LogP contribution in [0.4, 0.5) is 11.4 Å². The Morgan fingerprint density at radius 1 is 1.07 bits per heavy atom. The lowest BCUT2D eigenvalue weighted by Crippen LogP contribution is -2.40. The third-order valence-corrected chi connectivity index (χ3v) is 6.67. The Morgan fingerprint density at radius 3 is 2.34 bits per heavy atom. The topological polar surface area (TPSA) is 52.6 Å². The van der Waals surface area contributed by atoms with Gasteiger partial charge in [-0.3, -0.25) is 4.79 Å². The number of nitrogens with one attached hydrogen (secondary N) is 1. The molecule has 2 aliphatic carbocycles. The van der Waals surface area contributed by atoms with Crippen LogP contribution in [0, 0.1) is 5.92 Å². The van der Waals surface area contributed by atoms with Gasteiger partial charge in [0.1, 0.15) is 0 Å². The van der Waals surface area contributed by atoms with Crippen molar-refractivity contribution in [3.05, 3.63) is 23.8 Å². The zero-order valence-electron chi connectivity index (χ0n) is 18.6. The van der Waals surface area contributed by atoms with E-state index in [1.807, 2.05) is 6.92 Å². The molecule has 0 saturated heterocycles. The molecule has 0 amide bonds. The molecule has 162 valence electrons. The van der Waals surface area contributed by atoms with E-state index in [0.29, 0.717) is 18.0 Å². The summed E-state index contributed by atoms with van der Waals surface area (Å²) in [4.78, 5) is 13.9. The van der Waals surface area contributed by atoms with Crippen molar-refractivity contribution in [1.29, 1.82) is 0 Å². The van der Waals surface area contributed by atoms with Crippen LogP contribution in [0.15, 0.2) is 18.2 Å². The molecule has 3 rings (SSSR count). The molecule has 0 spiro atoms. The Morgan fingerprint density at radius 2 is 1.72 bits per heavy atom. The van der Waals surface area contributed by atoms with Gasteiger partial charge in [0.15, 0.2) is 0 Å². The quantitative estimate of drug-likeness (QED) is 0.502. The number of rotatable bonds is 9. The summed E-state index contributed by atoms with van der Waals surface area (Å²) < 4.78 is 0. The van der Waals surface area contributed by atoms with Crippen LogP contribution in [0.1, 0.15) is 96.5 Å². The largest absolute Gasteiger partial charge is 0.481 e. The lowest BCUT2D eigenvalue weighted by molar-refractivity contribution is -0.137. The van der Waals surface area contributed by atoms with Crippen molar-refractivity contribution in [2.24, 2.45) is 5.92 Å². The molecule has 2 fully saturated rings. The summed E-state index contributed by atoms with van der Waals surface area (Å²) in [6.45, 7) is 7.72. The Kier molecular flexibility index (Phi) is 7.85. The zero-order chi connectivity index (χ0) is 20.8. The summed E-state index contributed by atoms with van der Waals surface area (Å²) in [6.07, 6.45) is 11.9. The highest BCUT2D eigenvalue weighted by molar-refractivity contribution is 5.73. The van der Waals surface area contributed by atoms with Crippen LogP contribution in [0.3, 0.4) is 0 Å². The predicted molar refractivity (Wildman–Crippen MR) is 122 cm³/mol. The molecule has 2 saturated carbocycles. The fraction of sp³-hybridized carbons (Fsp3) is 0.720. The third kappa shape index (κ3) is 6.13. The van der Waals surface area contributed by atoms with Gasteiger partial charge in [-0.2, -0.15) is 0 Å². The smallest absolute Gasteiger partial charge is 0.303 e. The van der Waals surface area contributed by atoms with Gasteiger partial charge in [0.2, 0.25) is 0 Å². The van der Waals surface area contributed by atoms with Gasteiger partial charge < -0.3 is 15.3 Å². The highest BCUT2D eigenvalue weighted by Gasteiger charge is 2.26. The van der Waals surface area contributed by atoms with Crippen LogP contribution in [-0.2, 0) is 4.79 Å². The van der Waals surface area contributed by atoms with Gasteiger partial charge in [-0.1, -0.05) is 58.9 Å². The maximum atomic E-state index is 11.2. The van der Waals surface area contributed by atoms with Crippen molar-refractivity contribution >= 4 is 17.3 Å². The SMILES string of the molecule is CC(C)CN(c1ccc([C@H](C)CC(=O)O)cc1NC1CCCC1)C1CCCCC1. The molecule has 0 bridgehead atoms. The maximum Gasteiger partial charge on any atom is 0.303 e. The van der Waals surface area contributed by atoms with Gasteiger partial charge in [0.25, 0.3) is 0 Å². The molecule has 4 nitrogen and oxygen atoms in total. The molecule has 0 aromatic heterocycles. The molecule has 2 aliphatic rings. The minimum Gasteiger partial charge on any atom is -0.481 e. The van der Waals surface area contributed by atoms with Crippen LogP contribution in [0.2, 0.25) is 0 Å². The van der Waals surface area contributed by atoms with Crippen LogP contribution < -0.4 is 10.2 Å². The normalized spacial score (nSPS) is 19.4. The van der Waals surface area contributed by atoms with Crippen molar-refractivity contribution < 1.29 is 9.90 Å². The lowest BCUT2D eigenvalue weighted by atomic mass is 9.92. The Balaban J connectivity index is 1.92. The van der Waals surface area contributed by atoms with E-state index < -0.39 is 5.97 Å². The molecule has 2 N–H and O–H groups in total. The Bertz CT molecular complexity index is 661. The molecule has 1 aromatic carbocycles. The summed E-state index contributed by atoms with van der Waals surface area (Å²) in [5, 5.41) is 13.1. The molecule has 1 atom stereocenters. The number of hydrogen-bond donors (Lipinski definition) is 2. The number of benzene rings is 1.